The Morgan fingerprint density at radius 1 is 1.03 bits per heavy atom. The number of aromatic nitrogens is 1. The van der Waals surface area contributed by atoms with Gasteiger partial charge in [-0.25, -0.2) is 0 Å². The van der Waals surface area contributed by atoms with Gasteiger partial charge in [-0.1, -0.05) is 36.4 Å². The topological polar surface area (TPSA) is 65.9 Å². The molecule has 3 aromatic rings. The Labute approximate surface area is 207 Å². The van der Waals surface area contributed by atoms with Gasteiger partial charge in [-0.3, -0.25) is 14.7 Å². The highest BCUT2D eigenvalue weighted by Gasteiger charge is 2.49. The van der Waals surface area contributed by atoms with E-state index < -0.39 is 0 Å². The van der Waals surface area contributed by atoms with Crippen LogP contribution in [0.3, 0.4) is 0 Å². The van der Waals surface area contributed by atoms with Crippen molar-refractivity contribution in [3.8, 4) is 16.9 Å². The van der Waals surface area contributed by atoms with Crippen LogP contribution in [0.4, 0.5) is 0 Å². The molecule has 0 unspecified atom stereocenters. The van der Waals surface area contributed by atoms with E-state index in [-0.39, 0.29) is 30.5 Å². The molecule has 1 N–H and O–H groups in total. The first kappa shape index (κ1) is 23.5. The van der Waals surface area contributed by atoms with Crippen molar-refractivity contribution in [1.29, 1.82) is 0 Å². The Balaban J connectivity index is 1.35. The standard InChI is InChI=1S/C29H33N3O3/c1-35-25-6-4-5-24(18-25)22-7-9-23(10-8-22)29-26-19-31(15-2-3-16-32(26)27(29)20-33)28(34)17-21-11-13-30-14-12-21/h4-14,18,26-27,29,33H,2-3,15-17,19-20H2,1H3/t26-,27+,29-/m0/s1. The van der Waals surface area contributed by atoms with E-state index in [0.717, 1.165) is 48.4 Å². The molecule has 0 bridgehead atoms. The van der Waals surface area contributed by atoms with Crippen LogP contribution in [0.15, 0.2) is 73.1 Å². The van der Waals surface area contributed by atoms with Gasteiger partial charge in [-0.15, -0.1) is 0 Å². The molecule has 3 atom stereocenters. The summed E-state index contributed by atoms with van der Waals surface area (Å²) in [6.07, 6.45) is 5.90. The summed E-state index contributed by atoms with van der Waals surface area (Å²) in [7, 11) is 1.68. The smallest absolute Gasteiger partial charge is 0.227 e. The Morgan fingerprint density at radius 2 is 1.80 bits per heavy atom. The van der Waals surface area contributed by atoms with Crippen molar-refractivity contribution in [2.24, 2.45) is 0 Å². The summed E-state index contributed by atoms with van der Waals surface area (Å²) in [6, 6.07) is 20.9. The molecule has 0 saturated carbocycles. The third kappa shape index (κ3) is 4.95. The maximum absolute atomic E-state index is 13.2. The van der Waals surface area contributed by atoms with Gasteiger partial charge >= 0.3 is 0 Å². The van der Waals surface area contributed by atoms with Gasteiger partial charge in [-0.2, -0.15) is 0 Å². The number of methoxy groups -OCH3 is 1. The summed E-state index contributed by atoms with van der Waals surface area (Å²) < 4.78 is 5.37. The maximum atomic E-state index is 13.2. The molecule has 0 aliphatic carbocycles. The minimum absolute atomic E-state index is 0.0953. The van der Waals surface area contributed by atoms with E-state index in [1.54, 1.807) is 19.5 Å². The number of aliphatic hydroxyl groups is 1. The lowest BCUT2D eigenvalue weighted by molar-refractivity contribution is -0.135. The first-order valence-electron chi connectivity index (χ1n) is 12.5. The first-order chi connectivity index (χ1) is 17.2. The molecule has 182 valence electrons. The number of rotatable bonds is 6. The lowest BCUT2D eigenvalue weighted by Gasteiger charge is -2.57. The van der Waals surface area contributed by atoms with Gasteiger partial charge in [0, 0.05) is 43.5 Å². The summed E-state index contributed by atoms with van der Waals surface area (Å²) in [5, 5.41) is 10.2. The molecule has 1 aromatic heterocycles. The molecule has 35 heavy (non-hydrogen) atoms. The molecule has 2 fully saturated rings. The number of nitrogens with zero attached hydrogens (tertiary/aromatic N) is 3. The maximum Gasteiger partial charge on any atom is 0.227 e. The zero-order valence-electron chi connectivity index (χ0n) is 20.2. The molecule has 3 heterocycles. The largest absolute Gasteiger partial charge is 0.497 e. The predicted molar refractivity (Wildman–Crippen MR) is 136 cm³/mol. The van der Waals surface area contributed by atoms with E-state index in [1.165, 1.54) is 5.56 Å². The molecule has 2 aliphatic heterocycles. The number of carbonyl (C=O) groups excluding carboxylic acids is 1. The molecule has 6 heteroatoms. The number of benzene rings is 2. The van der Waals surface area contributed by atoms with Crippen molar-refractivity contribution in [3.63, 3.8) is 0 Å². The second-order valence-corrected chi connectivity index (χ2v) is 9.51. The number of ether oxygens (including phenoxy) is 1. The van der Waals surface area contributed by atoms with Crippen LogP contribution < -0.4 is 4.74 Å². The SMILES string of the molecule is COc1cccc(-c2ccc([C@@H]3[C@@H](CO)N4CCCCN(C(=O)Cc5ccncc5)C[C@@H]34)cc2)c1. The van der Waals surface area contributed by atoms with E-state index in [0.29, 0.717) is 13.0 Å². The van der Waals surface area contributed by atoms with E-state index in [2.05, 4.69) is 40.2 Å². The van der Waals surface area contributed by atoms with Crippen LogP contribution in [-0.4, -0.2) is 71.2 Å². The van der Waals surface area contributed by atoms with Crippen LogP contribution in [0.1, 0.15) is 29.9 Å². The fourth-order valence-electron chi connectivity index (χ4n) is 5.65. The van der Waals surface area contributed by atoms with Crippen LogP contribution >= 0.6 is 0 Å². The van der Waals surface area contributed by atoms with Crippen molar-refractivity contribution < 1.29 is 14.6 Å². The van der Waals surface area contributed by atoms with E-state index >= 15 is 0 Å². The first-order valence-corrected chi connectivity index (χ1v) is 12.5. The van der Waals surface area contributed by atoms with Crippen molar-refractivity contribution in [2.75, 3.05) is 33.4 Å². The highest BCUT2D eigenvalue weighted by Crippen LogP contribution is 2.42. The van der Waals surface area contributed by atoms with E-state index in [4.69, 9.17) is 4.74 Å². The summed E-state index contributed by atoms with van der Waals surface area (Å²) >= 11 is 0. The monoisotopic (exact) mass is 471 g/mol. The minimum Gasteiger partial charge on any atom is -0.497 e. The Morgan fingerprint density at radius 3 is 2.54 bits per heavy atom. The van der Waals surface area contributed by atoms with E-state index in [1.807, 2.05) is 35.2 Å². The van der Waals surface area contributed by atoms with Crippen LogP contribution in [-0.2, 0) is 11.2 Å². The Hall–Kier alpha value is -3.22. The lowest BCUT2D eigenvalue weighted by atomic mass is 9.74. The summed E-state index contributed by atoms with van der Waals surface area (Å²) in [4.78, 5) is 21.7. The second kappa shape index (κ2) is 10.6. The molecule has 0 radical (unpaired) electrons. The van der Waals surface area contributed by atoms with Gasteiger partial charge in [-0.05, 0) is 65.9 Å². The zero-order chi connectivity index (χ0) is 24.2. The number of pyridine rings is 1. The molecule has 6 nitrogen and oxygen atoms in total. The number of hydrogen-bond acceptors (Lipinski definition) is 5. The third-order valence-electron chi connectivity index (χ3n) is 7.53. The Bertz CT molecular complexity index is 1140. The molecule has 1 amide bonds. The molecular formula is C29H33N3O3. The minimum atomic E-state index is 0.0953. The number of carbonyl (C=O) groups is 1. The highest BCUT2D eigenvalue weighted by atomic mass is 16.5. The number of aliphatic hydroxyl groups excluding tert-OH is 1. The van der Waals surface area contributed by atoms with Crippen LogP contribution in [0.25, 0.3) is 11.1 Å². The Kier molecular flexibility index (Phi) is 7.11. The number of fused-ring (bicyclic) bond motifs is 1. The summed E-state index contributed by atoms with van der Waals surface area (Å²) in [6.45, 7) is 2.59. The summed E-state index contributed by atoms with van der Waals surface area (Å²) in [5.74, 6) is 1.21. The van der Waals surface area contributed by atoms with Gasteiger partial charge in [0.1, 0.15) is 5.75 Å². The lowest BCUT2D eigenvalue weighted by Crippen LogP contribution is -2.68. The molecule has 5 rings (SSSR count). The molecule has 2 aromatic carbocycles. The van der Waals surface area contributed by atoms with Crippen LogP contribution in [0.2, 0.25) is 0 Å². The van der Waals surface area contributed by atoms with Crippen molar-refractivity contribution in [3.05, 3.63) is 84.2 Å². The number of hydrogen-bond donors (Lipinski definition) is 1. The van der Waals surface area contributed by atoms with E-state index in [9.17, 15) is 9.90 Å². The van der Waals surface area contributed by atoms with Crippen LogP contribution in [0, 0.1) is 0 Å². The van der Waals surface area contributed by atoms with Crippen molar-refractivity contribution in [1.82, 2.24) is 14.8 Å². The number of amides is 1. The summed E-state index contributed by atoms with van der Waals surface area (Å²) in [5.41, 5.74) is 4.47. The zero-order valence-corrected chi connectivity index (χ0v) is 20.2. The van der Waals surface area contributed by atoms with Gasteiger partial charge in [0.05, 0.1) is 20.1 Å². The molecule has 0 spiro atoms. The molecule has 2 aliphatic rings. The second-order valence-electron chi connectivity index (χ2n) is 9.51. The van der Waals surface area contributed by atoms with Crippen molar-refractivity contribution >= 4 is 5.91 Å². The van der Waals surface area contributed by atoms with Gasteiger partial charge in [0.25, 0.3) is 0 Å². The fourth-order valence-corrected chi connectivity index (χ4v) is 5.65. The molecular weight excluding hydrogens is 438 g/mol. The van der Waals surface area contributed by atoms with Crippen molar-refractivity contribution in [2.45, 2.75) is 37.3 Å². The van der Waals surface area contributed by atoms with Gasteiger partial charge in [0.2, 0.25) is 5.91 Å². The van der Waals surface area contributed by atoms with Gasteiger partial charge in [0.15, 0.2) is 0 Å². The average molecular weight is 472 g/mol. The highest BCUT2D eigenvalue weighted by molar-refractivity contribution is 5.78. The molecule has 2 saturated heterocycles. The van der Waals surface area contributed by atoms with Gasteiger partial charge < -0.3 is 14.7 Å². The predicted octanol–water partition coefficient (Wildman–Crippen LogP) is 3.75. The quantitative estimate of drug-likeness (QED) is 0.593. The normalized spacial score (nSPS) is 22.5. The fraction of sp³-hybridized carbons (Fsp3) is 0.379. The third-order valence-corrected chi connectivity index (χ3v) is 7.53. The average Bonchev–Trinajstić information content (AvgIpc) is 2.88. The van der Waals surface area contributed by atoms with Crippen LogP contribution in [0.5, 0.6) is 5.75 Å².